The van der Waals surface area contributed by atoms with Crippen LogP contribution in [0.3, 0.4) is 0 Å². The molecule has 29 heavy (non-hydrogen) atoms. The lowest BCUT2D eigenvalue weighted by atomic mass is 10.0. The van der Waals surface area contributed by atoms with E-state index in [2.05, 4.69) is 5.32 Å². The molecule has 0 aliphatic heterocycles. The Labute approximate surface area is 170 Å². The molecule has 0 saturated heterocycles. The van der Waals surface area contributed by atoms with Gasteiger partial charge in [0.2, 0.25) is 0 Å². The van der Waals surface area contributed by atoms with Gasteiger partial charge in [-0.05, 0) is 72.2 Å². The third kappa shape index (κ3) is 4.39. The molecule has 0 fully saturated rings. The Kier molecular flexibility index (Phi) is 5.85. The fraction of sp³-hybridized carbons (Fsp3) is 0.167. The minimum absolute atomic E-state index is 0.0159. The van der Waals surface area contributed by atoms with Crippen LogP contribution in [0.5, 0.6) is 11.5 Å². The van der Waals surface area contributed by atoms with E-state index in [4.69, 9.17) is 9.47 Å². The second kappa shape index (κ2) is 8.49. The standard InChI is InChI=1S/C24H22N2O3/c1-15-9-16(2)11-19(10-15)26-24(27)18(14-25)12-22-21-13-20(28-3)7-5-17(21)6-8-23(22)29-4/h5-13H,1-4H3,(H,26,27)/b18-12+. The van der Waals surface area contributed by atoms with Gasteiger partial charge in [0.1, 0.15) is 23.1 Å². The topological polar surface area (TPSA) is 71.3 Å². The van der Waals surface area contributed by atoms with E-state index >= 15 is 0 Å². The predicted octanol–water partition coefficient (Wildman–Crippen LogP) is 5.02. The maximum atomic E-state index is 12.8. The molecule has 0 saturated carbocycles. The highest BCUT2D eigenvalue weighted by molar-refractivity contribution is 6.11. The summed E-state index contributed by atoms with van der Waals surface area (Å²) in [5, 5.41) is 14.2. The van der Waals surface area contributed by atoms with Crippen molar-refractivity contribution in [3.63, 3.8) is 0 Å². The number of fused-ring (bicyclic) bond motifs is 1. The van der Waals surface area contributed by atoms with Crippen LogP contribution in [-0.4, -0.2) is 20.1 Å². The van der Waals surface area contributed by atoms with E-state index < -0.39 is 5.91 Å². The minimum Gasteiger partial charge on any atom is -0.497 e. The highest BCUT2D eigenvalue weighted by atomic mass is 16.5. The Balaban J connectivity index is 2.07. The first-order valence-electron chi connectivity index (χ1n) is 9.11. The van der Waals surface area contributed by atoms with E-state index in [9.17, 15) is 10.1 Å². The zero-order valence-electron chi connectivity index (χ0n) is 16.9. The number of benzene rings is 3. The summed E-state index contributed by atoms with van der Waals surface area (Å²) in [6.45, 7) is 3.91. The number of anilines is 1. The predicted molar refractivity (Wildman–Crippen MR) is 115 cm³/mol. The third-order valence-corrected chi connectivity index (χ3v) is 4.58. The second-order valence-corrected chi connectivity index (χ2v) is 6.77. The Morgan fingerprint density at radius 2 is 1.69 bits per heavy atom. The number of carbonyl (C=O) groups excluding carboxylic acids is 1. The van der Waals surface area contributed by atoms with Crippen LogP contribution in [0.4, 0.5) is 5.69 Å². The van der Waals surface area contributed by atoms with Crippen LogP contribution in [0.1, 0.15) is 16.7 Å². The SMILES string of the molecule is COc1ccc2ccc(OC)c(/C=C(\C#N)C(=O)Nc3cc(C)cc(C)c3)c2c1. The van der Waals surface area contributed by atoms with Crippen molar-refractivity contribution in [2.75, 3.05) is 19.5 Å². The molecule has 1 amide bonds. The number of aryl methyl sites for hydroxylation is 2. The number of ether oxygens (including phenoxy) is 2. The van der Waals surface area contributed by atoms with Gasteiger partial charge < -0.3 is 14.8 Å². The fourth-order valence-corrected chi connectivity index (χ4v) is 3.29. The van der Waals surface area contributed by atoms with Crippen LogP contribution in [0.2, 0.25) is 0 Å². The molecule has 5 heteroatoms. The van der Waals surface area contributed by atoms with Gasteiger partial charge in [-0.1, -0.05) is 18.2 Å². The molecule has 0 aliphatic rings. The zero-order chi connectivity index (χ0) is 21.0. The molecule has 3 aromatic rings. The summed E-state index contributed by atoms with van der Waals surface area (Å²) in [4.78, 5) is 12.8. The molecule has 1 N–H and O–H groups in total. The van der Waals surface area contributed by atoms with Gasteiger partial charge in [0, 0.05) is 11.3 Å². The van der Waals surface area contributed by atoms with Gasteiger partial charge in [0.15, 0.2) is 0 Å². The van der Waals surface area contributed by atoms with Gasteiger partial charge >= 0.3 is 0 Å². The molecule has 0 unspecified atom stereocenters. The fourth-order valence-electron chi connectivity index (χ4n) is 3.29. The van der Waals surface area contributed by atoms with E-state index in [1.54, 1.807) is 20.3 Å². The van der Waals surface area contributed by atoms with Crippen molar-refractivity contribution in [3.8, 4) is 17.6 Å². The van der Waals surface area contributed by atoms with Crippen molar-refractivity contribution in [1.29, 1.82) is 5.26 Å². The van der Waals surface area contributed by atoms with Crippen molar-refractivity contribution in [2.24, 2.45) is 0 Å². The molecule has 0 atom stereocenters. The molecular formula is C24H22N2O3. The molecule has 0 bridgehead atoms. The van der Waals surface area contributed by atoms with E-state index in [1.165, 1.54) is 0 Å². The molecular weight excluding hydrogens is 364 g/mol. The summed E-state index contributed by atoms with van der Waals surface area (Å²) in [5.41, 5.74) is 3.35. The number of amides is 1. The lowest BCUT2D eigenvalue weighted by Gasteiger charge is -2.11. The average Bonchev–Trinajstić information content (AvgIpc) is 2.70. The quantitative estimate of drug-likeness (QED) is 0.494. The van der Waals surface area contributed by atoms with Gasteiger partial charge in [-0.15, -0.1) is 0 Å². The Bertz CT molecular complexity index is 1130. The third-order valence-electron chi connectivity index (χ3n) is 4.58. The Morgan fingerprint density at radius 1 is 1.00 bits per heavy atom. The second-order valence-electron chi connectivity index (χ2n) is 6.77. The molecule has 0 aliphatic carbocycles. The molecule has 0 spiro atoms. The summed E-state index contributed by atoms with van der Waals surface area (Å²) in [6.07, 6.45) is 1.55. The number of rotatable bonds is 5. The van der Waals surface area contributed by atoms with E-state index in [0.717, 1.165) is 21.9 Å². The van der Waals surface area contributed by atoms with Gasteiger partial charge in [-0.2, -0.15) is 5.26 Å². The molecule has 0 radical (unpaired) electrons. The first kappa shape index (κ1) is 20.0. The highest BCUT2D eigenvalue weighted by Crippen LogP contribution is 2.32. The van der Waals surface area contributed by atoms with Crippen LogP contribution in [0, 0.1) is 25.2 Å². The molecule has 3 rings (SSSR count). The number of nitrogens with one attached hydrogen (secondary N) is 1. The number of hydrogen-bond donors (Lipinski definition) is 1. The molecule has 146 valence electrons. The van der Waals surface area contributed by atoms with E-state index in [0.29, 0.717) is 22.7 Å². The first-order chi connectivity index (χ1) is 13.9. The van der Waals surface area contributed by atoms with Crippen molar-refractivity contribution in [2.45, 2.75) is 13.8 Å². The summed E-state index contributed by atoms with van der Waals surface area (Å²) in [5.74, 6) is 0.774. The van der Waals surface area contributed by atoms with Crippen LogP contribution >= 0.6 is 0 Å². The van der Waals surface area contributed by atoms with Gasteiger partial charge in [0.25, 0.3) is 5.91 Å². The first-order valence-corrected chi connectivity index (χ1v) is 9.11. The number of nitrogens with zero attached hydrogens (tertiary/aromatic N) is 1. The van der Waals surface area contributed by atoms with Gasteiger partial charge in [0.05, 0.1) is 14.2 Å². The Hall–Kier alpha value is -3.78. The summed E-state index contributed by atoms with van der Waals surface area (Å²) in [6, 6.07) is 17.1. The lowest BCUT2D eigenvalue weighted by molar-refractivity contribution is -0.112. The number of methoxy groups -OCH3 is 2. The van der Waals surface area contributed by atoms with Crippen LogP contribution in [-0.2, 0) is 4.79 Å². The lowest BCUT2D eigenvalue weighted by Crippen LogP contribution is -2.13. The van der Waals surface area contributed by atoms with Crippen molar-refractivity contribution >= 4 is 28.4 Å². The smallest absolute Gasteiger partial charge is 0.266 e. The Morgan fingerprint density at radius 3 is 2.31 bits per heavy atom. The maximum Gasteiger partial charge on any atom is 0.266 e. The van der Waals surface area contributed by atoms with Crippen molar-refractivity contribution < 1.29 is 14.3 Å². The van der Waals surface area contributed by atoms with Crippen molar-refractivity contribution in [3.05, 3.63) is 70.8 Å². The van der Waals surface area contributed by atoms with Crippen LogP contribution < -0.4 is 14.8 Å². The van der Waals surface area contributed by atoms with Gasteiger partial charge in [-0.25, -0.2) is 0 Å². The van der Waals surface area contributed by atoms with E-state index in [-0.39, 0.29) is 5.57 Å². The summed E-state index contributed by atoms with van der Waals surface area (Å²) < 4.78 is 10.8. The van der Waals surface area contributed by atoms with Crippen LogP contribution in [0.25, 0.3) is 16.8 Å². The molecule has 0 heterocycles. The molecule has 5 nitrogen and oxygen atoms in total. The molecule has 0 aromatic heterocycles. The number of hydrogen-bond acceptors (Lipinski definition) is 4. The summed E-state index contributed by atoms with van der Waals surface area (Å²) >= 11 is 0. The maximum absolute atomic E-state index is 12.8. The zero-order valence-corrected chi connectivity index (χ0v) is 16.9. The minimum atomic E-state index is -0.473. The number of carbonyl (C=O) groups is 1. The number of nitriles is 1. The van der Waals surface area contributed by atoms with Crippen LogP contribution in [0.15, 0.2) is 54.1 Å². The monoisotopic (exact) mass is 386 g/mol. The largest absolute Gasteiger partial charge is 0.497 e. The molecule has 3 aromatic carbocycles. The normalized spacial score (nSPS) is 11.1. The highest BCUT2D eigenvalue weighted by Gasteiger charge is 2.14. The van der Waals surface area contributed by atoms with E-state index in [1.807, 2.05) is 68.4 Å². The summed E-state index contributed by atoms with van der Waals surface area (Å²) in [7, 11) is 3.15. The average molecular weight is 386 g/mol. The van der Waals surface area contributed by atoms with Crippen molar-refractivity contribution in [1.82, 2.24) is 0 Å². The van der Waals surface area contributed by atoms with Gasteiger partial charge in [-0.3, -0.25) is 4.79 Å².